The summed E-state index contributed by atoms with van der Waals surface area (Å²) in [4.78, 5) is 38.4. The first-order valence-electron chi connectivity index (χ1n) is 5.17. The third-order valence-electron chi connectivity index (χ3n) is 2.62. The Morgan fingerprint density at radius 2 is 2.00 bits per heavy atom. The van der Waals surface area contributed by atoms with Gasteiger partial charge in [-0.2, -0.15) is 0 Å². The minimum absolute atomic E-state index is 0.112. The number of carbonyl (C=O) groups excluding carboxylic acids is 1. The third-order valence-corrected chi connectivity index (χ3v) is 2.62. The molecule has 0 spiro atoms. The van der Waals surface area contributed by atoms with Crippen molar-refractivity contribution in [2.45, 2.75) is 13.7 Å². The van der Waals surface area contributed by atoms with Crippen LogP contribution in [0.3, 0.4) is 0 Å². The van der Waals surface area contributed by atoms with Crippen LogP contribution in [0.25, 0.3) is 11.2 Å². The number of carbonyl (C=O) groups is 1. The summed E-state index contributed by atoms with van der Waals surface area (Å²) in [6.45, 7) is 1.16. The second kappa shape index (κ2) is 4.13. The molecule has 0 amide bonds. The Labute approximate surface area is 101 Å². The number of fused-ring (bicyclic) bond motifs is 1. The Hall–Kier alpha value is -2.38. The number of hydrogen-bond donors (Lipinski definition) is 0. The second-order valence-electron chi connectivity index (χ2n) is 3.86. The molecule has 2 aromatic heterocycles. The molecule has 2 aromatic rings. The number of imidazole rings is 1. The van der Waals surface area contributed by atoms with Crippen molar-refractivity contribution in [1.29, 1.82) is 0 Å². The molecule has 0 unspecified atom stereocenters. The highest BCUT2D eigenvalue weighted by Gasteiger charge is 2.14. The van der Waals surface area contributed by atoms with Crippen molar-refractivity contribution < 1.29 is 9.53 Å². The molecule has 8 heteroatoms. The number of aromatic nitrogens is 4. The van der Waals surface area contributed by atoms with Gasteiger partial charge in [-0.25, -0.2) is 9.78 Å². The topological polar surface area (TPSA) is 88.1 Å². The number of nitrogens with zero attached hydrogens (tertiary/aromatic N) is 4. The fourth-order valence-corrected chi connectivity index (χ4v) is 1.66. The lowest BCUT2D eigenvalue weighted by Crippen LogP contribution is -2.37. The lowest BCUT2D eigenvalue weighted by atomic mass is 10.5. The molecule has 8 nitrogen and oxygen atoms in total. The summed E-state index contributed by atoms with van der Waals surface area (Å²) in [5.41, 5.74) is -0.445. The maximum Gasteiger partial charge on any atom is 0.332 e. The second-order valence-corrected chi connectivity index (χ2v) is 3.86. The van der Waals surface area contributed by atoms with Crippen LogP contribution in [0.4, 0.5) is 0 Å². The summed E-state index contributed by atoms with van der Waals surface area (Å²) < 4.78 is 8.44. The lowest BCUT2D eigenvalue weighted by molar-refractivity contribution is -0.144. The Morgan fingerprint density at radius 1 is 1.33 bits per heavy atom. The zero-order chi connectivity index (χ0) is 13.4. The van der Waals surface area contributed by atoms with Gasteiger partial charge in [0.15, 0.2) is 17.9 Å². The molecule has 0 aromatic carbocycles. The summed E-state index contributed by atoms with van der Waals surface area (Å²) in [7, 11) is 2.90. The number of esters is 1. The van der Waals surface area contributed by atoms with Crippen molar-refractivity contribution in [2.24, 2.45) is 14.1 Å². The zero-order valence-corrected chi connectivity index (χ0v) is 10.2. The SMILES string of the molecule is CC(=O)OCn1cnc2c1c(=O)n(C)c(=O)n2C. The average Bonchev–Trinajstić information content (AvgIpc) is 2.75. The molecule has 0 N–H and O–H groups in total. The van der Waals surface area contributed by atoms with E-state index in [0.29, 0.717) is 0 Å². The number of ether oxygens (including phenoxy) is 1. The lowest BCUT2D eigenvalue weighted by Gasteiger charge is -2.06. The summed E-state index contributed by atoms with van der Waals surface area (Å²) in [5.74, 6) is -0.460. The maximum absolute atomic E-state index is 12.0. The monoisotopic (exact) mass is 252 g/mol. The van der Waals surface area contributed by atoms with Crippen LogP contribution in [-0.2, 0) is 30.4 Å². The van der Waals surface area contributed by atoms with Crippen LogP contribution in [0.2, 0.25) is 0 Å². The highest BCUT2D eigenvalue weighted by atomic mass is 16.5. The van der Waals surface area contributed by atoms with Crippen LogP contribution in [-0.4, -0.2) is 24.7 Å². The van der Waals surface area contributed by atoms with E-state index < -0.39 is 17.2 Å². The first-order valence-corrected chi connectivity index (χ1v) is 5.17. The molecule has 0 aliphatic rings. The first kappa shape index (κ1) is 12.1. The van der Waals surface area contributed by atoms with Gasteiger partial charge in [0.1, 0.15) is 6.33 Å². The predicted molar refractivity (Wildman–Crippen MR) is 62.0 cm³/mol. The predicted octanol–water partition coefficient (Wildman–Crippen LogP) is -1.05. The van der Waals surface area contributed by atoms with Crippen LogP contribution in [0.1, 0.15) is 6.92 Å². The van der Waals surface area contributed by atoms with Crippen molar-refractivity contribution in [3.05, 3.63) is 27.2 Å². The van der Waals surface area contributed by atoms with Crippen molar-refractivity contribution in [1.82, 2.24) is 18.7 Å². The van der Waals surface area contributed by atoms with E-state index in [-0.39, 0.29) is 17.9 Å². The molecule has 0 fully saturated rings. The van der Waals surface area contributed by atoms with Crippen LogP contribution < -0.4 is 11.2 Å². The average molecular weight is 252 g/mol. The quantitative estimate of drug-likeness (QED) is 0.637. The molecule has 2 rings (SSSR count). The highest BCUT2D eigenvalue weighted by Crippen LogP contribution is 2.05. The molecule has 96 valence electrons. The number of aryl methyl sites for hydroxylation is 1. The van der Waals surface area contributed by atoms with Gasteiger partial charge in [0.2, 0.25) is 0 Å². The van der Waals surface area contributed by atoms with Crippen LogP contribution in [0, 0.1) is 0 Å². The van der Waals surface area contributed by atoms with Crippen molar-refractivity contribution in [3.8, 4) is 0 Å². The molecule has 0 atom stereocenters. The minimum Gasteiger partial charge on any atom is -0.444 e. The van der Waals surface area contributed by atoms with E-state index >= 15 is 0 Å². The summed E-state index contributed by atoms with van der Waals surface area (Å²) >= 11 is 0. The molecule has 0 radical (unpaired) electrons. The normalized spacial score (nSPS) is 10.8. The summed E-state index contributed by atoms with van der Waals surface area (Å²) in [6.07, 6.45) is 1.36. The van der Waals surface area contributed by atoms with Gasteiger partial charge in [0.25, 0.3) is 5.56 Å². The molecule has 0 saturated heterocycles. The van der Waals surface area contributed by atoms with Crippen LogP contribution in [0.5, 0.6) is 0 Å². The van der Waals surface area contributed by atoms with Gasteiger partial charge in [-0.05, 0) is 0 Å². The van der Waals surface area contributed by atoms with Gasteiger partial charge >= 0.3 is 11.7 Å². The smallest absolute Gasteiger partial charge is 0.332 e. The Kier molecular flexibility index (Phi) is 2.77. The van der Waals surface area contributed by atoms with Crippen LogP contribution in [0.15, 0.2) is 15.9 Å². The Balaban J connectivity index is 2.70. The van der Waals surface area contributed by atoms with Gasteiger partial charge in [0, 0.05) is 21.0 Å². The van der Waals surface area contributed by atoms with E-state index in [0.717, 1.165) is 4.57 Å². The Bertz CT molecular complexity index is 737. The van der Waals surface area contributed by atoms with Gasteiger partial charge in [0.05, 0.1) is 0 Å². The standard InChI is InChI=1S/C10H12N4O4/c1-6(15)18-5-14-4-11-8-7(14)9(16)13(3)10(17)12(8)2/h4H,5H2,1-3H3. The molecular formula is C10H12N4O4. The highest BCUT2D eigenvalue weighted by molar-refractivity contribution is 5.70. The molecule has 2 heterocycles. The first-order chi connectivity index (χ1) is 8.43. The van der Waals surface area contributed by atoms with Crippen LogP contribution >= 0.6 is 0 Å². The minimum atomic E-state index is -0.474. The largest absolute Gasteiger partial charge is 0.444 e. The fourth-order valence-electron chi connectivity index (χ4n) is 1.66. The number of hydrogen-bond acceptors (Lipinski definition) is 5. The summed E-state index contributed by atoms with van der Waals surface area (Å²) in [5, 5.41) is 0. The van der Waals surface area contributed by atoms with Gasteiger partial charge < -0.3 is 4.74 Å². The van der Waals surface area contributed by atoms with E-state index in [1.54, 1.807) is 0 Å². The van der Waals surface area contributed by atoms with E-state index in [4.69, 9.17) is 4.74 Å². The number of rotatable bonds is 2. The molecule has 0 aliphatic heterocycles. The van der Waals surface area contributed by atoms with Crippen molar-refractivity contribution >= 4 is 17.1 Å². The molecule has 0 aliphatic carbocycles. The molecular weight excluding hydrogens is 240 g/mol. The third kappa shape index (κ3) is 1.71. The van der Waals surface area contributed by atoms with Gasteiger partial charge in [-0.15, -0.1) is 0 Å². The van der Waals surface area contributed by atoms with E-state index in [1.165, 1.54) is 36.5 Å². The Morgan fingerprint density at radius 3 is 2.61 bits per heavy atom. The fraction of sp³-hybridized carbons (Fsp3) is 0.400. The van der Waals surface area contributed by atoms with Crippen molar-refractivity contribution in [2.75, 3.05) is 0 Å². The molecule has 0 saturated carbocycles. The van der Waals surface area contributed by atoms with E-state index in [1.807, 2.05) is 0 Å². The van der Waals surface area contributed by atoms with Gasteiger partial charge in [-0.1, -0.05) is 0 Å². The van der Waals surface area contributed by atoms with E-state index in [9.17, 15) is 14.4 Å². The maximum atomic E-state index is 12.0. The van der Waals surface area contributed by atoms with Crippen molar-refractivity contribution in [3.63, 3.8) is 0 Å². The molecule has 18 heavy (non-hydrogen) atoms. The molecule has 0 bridgehead atoms. The van der Waals surface area contributed by atoms with Gasteiger partial charge in [-0.3, -0.25) is 23.3 Å². The summed E-state index contributed by atoms with van der Waals surface area (Å²) in [6, 6.07) is 0. The van der Waals surface area contributed by atoms with E-state index in [2.05, 4.69) is 4.98 Å². The zero-order valence-electron chi connectivity index (χ0n) is 10.2.